The zero-order valence-electron chi connectivity index (χ0n) is 16.3. The second kappa shape index (κ2) is 9.74. The Kier molecular flexibility index (Phi) is 7.10. The summed E-state index contributed by atoms with van der Waals surface area (Å²) in [5.74, 6) is 1.45. The van der Waals surface area contributed by atoms with Gasteiger partial charge in [-0.05, 0) is 37.2 Å². The van der Waals surface area contributed by atoms with Gasteiger partial charge in [0.2, 0.25) is 5.91 Å². The minimum atomic E-state index is -0.213. The second-order valence-electron chi connectivity index (χ2n) is 7.66. The van der Waals surface area contributed by atoms with Gasteiger partial charge in [0.25, 0.3) is 0 Å². The molecule has 0 radical (unpaired) electrons. The lowest BCUT2D eigenvalue weighted by atomic mass is 9.89. The first-order chi connectivity index (χ1) is 13.2. The zero-order valence-corrected chi connectivity index (χ0v) is 16.3. The molecule has 1 amide bonds. The van der Waals surface area contributed by atoms with Crippen LogP contribution in [0, 0.1) is 11.8 Å². The lowest BCUT2D eigenvalue weighted by Gasteiger charge is -2.37. The summed E-state index contributed by atoms with van der Waals surface area (Å²) in [5, 5.41) is 3.56. The van der Waals surface area contributed by atoms with E-state index in [0.717, 1.165) is 57.9 Å². The fourth-order valence-electron chi connectivity index (χ4n) is 4.33. The number of rotatable bonds is 5. The lowest BCUT2D eigenvalue weighted by Crippen LogP contribution is -2.48. The molecule has 148 valence electrons. The summed E-state index contributed by atoms with van der Waals surface area (Å²) in [6.07, 6.45) is 4.96. The quantitative estimate of drug-likeness (QED) is 0.614. The van der Waals surface area contributed by atoms with E-state index in [1.54, 1.807) is 0 Å². The van der Waals surface area contributed by atoms with Crippen LogP contribution in [0.5, 0.6) is 0 Å². The van der Waals surface area contributed by atoms with Crippen molar-refractivity contribution < 1.29 is 9.53 Å². The summed E-state index contributed by atoms with van der Waals surface area (Å²) in [6.45, 7) is 3.47. The average Bonchev–Trinajstić information content (AvgIpc) is 2.69. The topological polar surface area (TPSA) is 80.0 Å². The first-order valence-electron chi connectivity index (χ1n) is 10.1. The highest BCUT2D eigenvalue weighted by Gasteiger charge is 2.29. The smallest absolute Gasteiger partial charge is 0.217 e. The molecule has 6 nitrogen and oxygen atoms in total. The van der Waals surface area contributed by atoms with E-state index < -0.39 is 0 Å². The van der Waals surface area contributed by atoms with Crippen LogP contribution in [0.2, 0.25) is 0 Å². The van der Waals surface area contributed by atoms with Crippen molar-refractivity contribution in [2.24, 2.45) is 22.6 Å². The molecule has 3 N–H and O–H groups in total. The number of nitrogens with two attached hydrogens (primary N) is 1. The van der Waals surface area contributed by atoms with Crippen molar-refractivity contribution >= 4 is 11.9 Å². The summed E-state index contributed by atoms with van der Waals surface area (Å²) < 4.78 is 6.10. The number of likely N-dealkylation sites (tertiary alicyclic amines) is 1. The number of carbonyl (C=O) groups excluding carboxylic acids is 1. The SMILES string of the molecule is CN=C(NCC1CCCOC1c1ccccc1)N1CCCC(CC(N)=O)C1. The fraction of sp³-hybridized carbons (Fsp3) is 0.619. The molecule has 2 aliphatic heterocycles. The van der Waals surface area contributed by atoms with Gasteiger partial charge in [0, 0.05) is 45.6 Å². The van der Waals surface area contributed by atoms with E-state index in [-0.39, 0.29) is 12.0 Å². The minimum absolute atomic E-state index is 0.134. The van der Waals surface area contributed by atoms with Gasteiger partial charge < -0.3 is 20.7 Å². The molecule has 27 heavy (non-hydrogen) atoms. The van der Waals surface area contributed by atoms with E-state index in [1.807, 2.05) is 13.1 Å². The first-order valence-corrected chi connectivity index (χ1v) is 10.1. The van der Waals surface area contributed by atoms with Gasteiger partial charge in [-0.1, -0.05) is 30.3 Å². The normalized spacial score (nSPS) is 26.6. The van der Waals surface area contributed by atoms with Crippen molar-refractivity contribution in [2.75, 3.05) is 33.3 Å². The Morgan fingerprint density at radius 1 is 1.30 bits per heavy atom. The molecule has 0 aliphatic carbocycles. The molecule has 0 saturated carbocycles. The third kappa shape index (κ3) is 5.45. The maximum Gasteiger partial charge on any atom is 0.217 e. The molecule has 3 atom stereocenters. The number of primary amides is 1. The van der Waals surface area contributed by atoms with Gasteiger partial charge in [-0.15, -0.1) is 0 Å². The van der Waals surface area contributed by atoms with E-state index in [0.29, 0.717) is 18.3 Å². The number of hydrogen-bond donors (Lipinski definition) is 2. The predicted molar refractivity (Wildman–Crippen MR) is 107 cm³/mol. The van der Waals surface area contributed by atoms with Crippen LogP contribution in [0.15, 0.2) is 35.3 Å². The minimum Gasteiger partial charge on any atom is -0.373 e. The van der Waals surface area contributed by atoms with Crippen molar-refractivity contribution in [3.05, 3.63) is 35.9 Å². The molecule has 3 unspecified atom stereocenters. The third-order valence-electron chi connectivity index (χ3n) is 5.62. The molecule has 2 saturated heterocycles. The number of amides is 1. The van der Waals surface area contributed by atoms with Crippen LogP contribution in [0.1, 0.15) is 43.8 Å². The van der Waals surface area contributed by atoms with Crippen LogP contribution in [0.4, 0.5) is 0 Å². The number of nitrogens with one attached hydrogen (secondary N) is 1. The number of ether oxygens (including phenoxy) is 1. The molecule has 2 heterocycles. The summed E-state index contributed by atoms with van der Waals surface area (Å²) >= 11 is 0. The van der Waals surface area contributed by atoms with Crippen molar-refractivity contribution in [2.45, 2.75) is 38.2 Å². The second-order valence-corrected chi connectivity index (χ2v) is 7.66. The Morgan fingerprint density at radius 2 is 2.11 bits per heavy atom. The molecule has 0 aromatic heterocycles. The molecule has 2 fully saturated rings. The number of guanidine groups is 1. The van der Waals surface area contributed by atoms with Crippen molar-refractivity contribution in [3.8, 4) is 0 Å². The van der Waals surface area contributed by atoms with Gasteiger partial charge in [-0.25, -0.2) is 0 Å². The Morgan fingerprint density at radius 3 is 2.85 bits per heavy atom. The van der Waals surface area contributed by atoms with Crippen LogP contribution in [-0.4, -0.2) is 50.1 Å². The highest BCUT2D eigenvalue weighted by atomic mass is 16.5. The standard InChI is InChI=1S/C21H32N4O2/c1-23-21(25-11-5-7-16(15-25)13-19(22)26)24-14-18-10-6-12-27-20(18)17-8-3-2-4-9-17/h2-4,8-9,16,18,20H,5-7,10-15H2,1H3,(H2,22,26)(H,23,24). The van der Waals surface area contributed by atoms with Crippen LogP contribution in [0.3, 0.4) is 0 Å². The molecule has 2 aliphatic rings. The number of benzene rings is 1. The van der Waals surface area contributed by atoms with Gasteiger partial charge in [0.1, 0.15) is 0 Å². The van der Waals surface area contributed by atoms with Crippen LogP contribution < -0.4 is 11.1 Å². The summed E-state index contributed by atoms with van der Waals surface area (Å²) in [6, 6.07) is 10.5. The van der Waals surface area contributed by atoms with Gasteiger partial charge >= 0.3 is 0 Å². The van der Waals surface area contributed by atoms with Gasteiger partial charge in [-0.3, -0.25) is 9.79 Å². The molecular formula is C21H32N4O2. The van der Waals surface area contributed by atoms with Crippen molar-refractivity contribution in [3.63, 3.8) is 0 Å². The van der Waals surface area contributed by atoms with Crippen molar-refractivity contribution in [1.82, 2.24) is 10.2 Å². The third-order valence-corrected chi connectivity index (χ3v) is 5.62. The van der Waals surface area contributed by atoms with E-state index in [1.165, 1.54) is 5.56 Å². The fourth-order valence-corrected chi connectivity index (χ4v) is 4.33. The van der Waals surface area contributed by atoms with E-state index in [9.17, 15) is 4.79 Å². The monoisotopic (exact) mass is 372 g/mol. The number of carbonyl (C=O) groups is 1. The molecule has 6 heteroatoms. The highest BCUT2D eigenvalue weighted by molar-refractivity contribution is 5.80. The van der Waals surface area contributed by atoms with Gasteiger partial charge in [-0.2, -0.15) is 0 Å². The van der Waals surface area contributed by atoms with Crippen LogP contribution >= 0.6 is 0 Å². The van der Waals surface area contributed by atoms with Crippen LogP contribution in [0.25, 0.3) is 0 Å². The molecule has 0 bridgehead atoms. The number of nitrogens with zero attached hydrogens (tertiary/aromatic N) is 2. The Hall–Kier alpha value is -2.08. The number of hydrogen-bond acceptors (Lipinski definition) is 3. The molecule has 3 rings (SSSR count). The summed E-state index contributed by atoms with van der Waals surface area (Å²) in [7, 11) is 1.83. The first kappa shape index (κ1) is 19.7. The molecule has 1 aromatic rings. The Labute approximate surface area is 162 Å². The summed E-state index contributed by atoms with van der Waals surface area (Å²) in [5.41, 5.74) is 6.64. The Balaban J connectivity index is 1.58. The Bertz CT molecular complexity index is 634. The van der Waals surface area contributed by atoms with E-state index in [2.05, 4.69) is 39.5 Å². The number of piperidine rings is 1. The molecule has 1 aromatic carbocycles. The van der Waals surface area contributed by atoms with Crippen LogP contribution in [-0.2, 0) is 9.53 Å². The predicted octanol–water partition coefficient (Wildman–Crippen LogP) is 2.32. The maximum atomic E-state index is 11.3. The van der Waals surface area contributed by atoms with E-state index in [4.69, 9.17) is 10.5 Å². The van der Waals surface area contributed by atoms with Gasteiger partial charge in [0.15, 0.2) is 5.96 Å². The lowest BCUT2D eigenvalue weighted by molar-refractivity contribution is -0.119. The van der Waals surface area contributed by atoms with Gasteiger partial charge in [0.05, 0.1) is 6.10 Å². The maximum absolute atomic E-state index is 11.3. The largest absolute Gasteiger partial charge is 0.373 e. The number of aliphatic imine (C=N–C) groups is 1. The average molecular weight is 373 g/mol. The molecule has 0 spiro atoms. The summed E-state index contributed by atoms with van der Waals surface area (Å²) in [4.78, 5) is 18.0. The zero-order chi connectivity index (χ0) is 19.1. The highest BCUT2D eigenvalue weighted by Crippen LogP contribution is 2.33. The molecular weight excluding hydrogens is 340 g/mol. The van der Waals surface area contributed by atoms with Crippen molar-refractivity contribution in [1.29, 1.82) is 0 Å². The van der Waals surface area contributed by atoms with E-state index >= 15 is 0 Å².